The van der Waals surface area contributed by atoms with E-state index in [1.165, 1.54) is 0 Å². The quantitative estimate of drug-likeness (QED) is 0.530. The topological polar surface area (TPSA) is 97.1 Å². The molecule has 2 aromatic heterocycles. The highest BCUT2D eigenvalue weighted by Crippen LogP contribution is 2.30. The van der Waals surface area contributed by atoms with Crippen molar-refractivity contribution in [3.8, 4) is 0 Å². The van der Waals surface area contributed by atoms with Gasteiger partial charge in [-0.3, -0.25) is 18.7 Å². The van der Waals surface area contributed by atoms with E-state index in [4.69, 9.17) is 0 Å². The summed E-state index contributed by atoms with van der Waals surface area (Å²) in [4.78, 5) is 41.0. The van der Waals surface area contributed by atoms with Gasteiger partial charge in [-0.2, -0.15) is 0 Å². The molecule has 0 amide bonds. The number of aromatic amines is 1. The Labute approximate surface area is 172 Å². The van der Waals surface area contributed by atoms with E-state index >= 15 is 0 Å². The minimum atomic E-state index is -1.06. The fourth-order valence-corrected chi connectivity index (χ4v) is 4.27. The lowest BCUT2D eigenvalue weighted by atomic mass is 10.0. The van der Waals surface area contributed by atoms with Gasteiger partial charge in [0.05, 0.1) is 23.4 Å². The molecular formula is C23H23N3O4. The number of aryl methyl sites for hydroxylation is 1. The second kappa shape index (κ2) is 7.33. The first-order chi connectivity index (χ1) is 14.3. The molecule has 4 aromatic rings. The number of H-pyrrole nitrogens is 1. The van der Waals surface area contributed by atoms with E-state index in [2.05, 4.69) is 4.98 Å². The third-order valence-corrected chi connectivity index (χ3v) is 5.72. The first-order valence-electron chi connectivity index (χ1n) is 9.85. The Morgan fingerprint density at radius 1 is 1.07 bits per heavy atom. The standard InChI is InChI=1S/C23H23N3O4/c1-13-7-6-9-18-21(13)17(12-24-18)15(3)26-19-10-5-4-8-16(19)22(29)25(23(26)30)14(2)11-20(27)28/h4-10,12,14-15,24H,11H2,1-3H3,(H,27,28). The van der Waals surface area contributed by atoms with Gasteiger partial charge in [0.25, 0.3) is 5.56 Å². The fourth-order valence-electron chi connectivity index (χ4n) is 4.27. The number of para-hydroxylation sites is 1. The Balaban J connectivity index is 2.04. The average molecular weight is 405 g/mol. The van der Waals surface area contributed by atoms with Crippen LogP contribution in [0.5, 0.6) is 0 Å². The number of aliphatic carboxylic acids is 1. The molecule has 7 nitrogen and oxygen atoms in total. The molecule has 0 aliphatic carbocycles. The van der Waals surface area contributed by atoms with Crippen molar-refractivity contribution >= 4 is 27.8 Å². The van der Waals surface area contributed by atoms with Crippen LogP contribution in [0.4, 0.5) is 0 Å². The smallest absolute Gasteiger partial charge is 0.332 e. The predicted octanol–water partition coefficient (Wildman–Crippen LogP) is 3.60. The van der Waals surface area contributed by atoms with Crippen LogP contribution in [0.15, 0.2) is 58.3 Å². The van der Waals surface area contributed by atoms with Gasteiger partial charge < -0.3 is 10.1 Å². The number of carbonyl (C=O) groups is 1. The van der Waals surface area contributed by atoms with Crippen molar-refractivity contribution in [2.75, 3.05) is 0 Å². The molecule has 0 spiro atoms. The van der Waals surface area contributed by atoms with E-state index in [0.717, 1.165) is 26.6 Å². The van der Waals surface area contributed by atoms with E-state index in [0.29, 0.717) is 10.9 Å². The van der Waals surface area contributed by atoms with Gasteiger partial charge in [0.1, 0.15) is 0 Å². The zero-order chi connectivity index (χ0) is 21.6. The lowest BCUT2D eigenvalue weighted by Crippen LogP contribution is -2.43. The van der Waals surface area contributed by atoms with E-state index < -0.39 is 23.3 Å². The molecule has 7 heteroatoms. The third-order valence-electron chi connectivity index (χ3n) is 5.72. The van der Waals surface area contributed by atoms with Gasteiger partial charge in [0.15, 0.2) is 0 Å². The molecule has 0 aliphatic heterocycles. The van der Waals surface area contributed by atoms with E-state index in [9.17, 15) is 19.5 Å². The molecule has 154 valence electrons. The van der Waals surface area contributed by atoms with Crippen LogP contribution >= 0.6 is 0 Å². The molecule has 2 atom stereocenters. The molecule has 2 aromatic carbocycles. The van der Waals surface area contributed by atoms with Gasteiger partial charge in [0.2, 0.25) is 0 Å². The van der Waals surface area contributed by atoms with Crippen LogP contribution in [-0.4, -0.2) is 25.2 Å². The number of carboxylic acid groups (broad SMARTS) is 1. The number of rotatable bonds is 5. The van der Waals surface area contributed by atoms with Crippen LogP contribution in [-0.2, 0) is 4.79 Å². The molecule has 2 N–H and O–H groups in total. The highest BCUT2D eigenvalue weighted by molar-refractivity contribution is 5.87. The molecule has 0 radical (unpaired) electrons. The first kappa shape index (κ1) is 19.7. The molecule has 0 bridgehead atoms. The largest absolute Gasteiger partial charge is 0.481 e. The molecule has 4 rings (SSSR count). The molecular weight excluding hydrogens is 382 g/mol. The van der Waals surface area contributed by atoms with Gasteiger partial charge >= 0.3 is 11.7 Å². The maximum atomic E-state index is 13.5. The third kappa shape index (κ3) is 3.03. The van der Waals surface area contributed by atoms with Gasteiger partial charge in [-0.15, -0.1) is 0 Å². The Morgan fingerprint density at radius 2 is 1.80 bits per heavy atom. The van der Waals surface area contributed by atoms with E-state index in [1.807, 2.05) is 38.2 Å². The lowest BCUT2D eigenvalue weighted by Gasteiger charge is -2.22. The van der Waals surface area contributed by atoms with Crippen molar-refractivity contribution < 1.29 is 9.90 Å². The maximum Gasteiger partial charge on any atom is 0.332 e. The van der Waals surface area contributed by atoms with Crippen LogP contribution < -0.4 is 11.2 Å². The van der Waals surface area contributed by atoms with Gasteiger partial charge in [-0.05, 0) is 44.5 Å². The summed E-state index contributed by atoms with van der Waals surface area (Å²) in [6.45, 7) is 5.51. The Morgan fingerprint density at radius 3 is 2.53 bits per heavy atom. The predicted molar refractivity (Wildman–Crippen MR) is 116 cm³/mol. The Bertz CT molecular complexity index is 1390. The minimum absolute atomic E-state index is 0.311. The summed E-state index contributed by atoms with van der Waals surface area (Å²) in [6.07, 6.45) is 1.58. The fraction of sp³-hybridized carbons (Fsp3) is 0.261. The van der Waals surface area contributed by atoms with Crippen LogP contribution in [0, 0.1) is 6.92 Å². The SMILES string of the molecule is Cc1cccc2[nH]cc(C(C)n3c(=O)n(C(C)CC(=O)O)c(=O)c4ccccc43)c12. The number of hydrogen-bond donors (Lipinski definition) is 2. The summed E-state index contributed by atoms with van der Waals surface area (Å²) >= 11 is 0. The lowest BCUT2D eigenvalue weighted by molar-refractivity contribution is -0.137. The number of carboxylic acids is 1. The van der Waals surface area contributed by atoms with Crippen LogP contribution in [0.2, 0.25) is 0 Å². The van der Waals surface area contributed by atoms with Crippen LogP contribution in [0.25, 0.3) is 21.8 Å². The summed E-state index contributed by atoms with van der Waals surface area (Å²) in [5, 5.41) is 10.6. The van der Waals surface area contributed by atoms with Crippen molar-refractivity contribution in [1.82, 2.24) is 14.1 Å². The molecule has 2 heterocycles. The Kier molecular flexibility index (Phi) is 4.81. The highest BCUT2D eigenvalue weighted by Gasteiger charge is 2.23. The Hall–Kier alpha value is -3.61. The summed E-state index contributed by atoms with van der Waals surface area (Å²) < 4.78 is 2.65. The van der Waals surface area contributed by atoms with Gasteiger partial charge in [-0.25, -0.2) is 4.79 Å². The van der Waals surface area contributed by atoms with Crippen molar-refractivity contribution in [3.05, 3.63) is 80.6 Å². The average Bonchev–Trinajstić information content (AvgIpc) is 3.13. The van der Waals surface area contributed by atoms with Crippen molar-refractivity contribution in [2.24, 2.45) is 0 Å². The normalized spacial score (nSPS) is 13.6. The number of hydrogen-bond acceptors (Lipinski definition) is 3. The minimum Gasteiger partial charge on any atom is -0.481 e. The number of nitrogens with one attached hydrogen (secondary N) is 1. The number of nitrogens with zero attached hydrogens (tertiary/aromatic N) is 2. The van der Waals surface area contributed by atoms with Crippen molar-refractivity contribution in [2.45, 2.75) is 39.3 Å². The van der Waals surface area contributed by atoms with Crippen LogP contribution in [0.3, 0.4) is 0 Å². The van der Waals surface area contributed by atoms with E-state index in [-0.39, 0.29) is 12.5 Å². The molecule has 0 saturated heterocycles. The first-order valence-corrected chi connectivity index (χ1v) is 9.85. The second-order valence-corrected chi connectivity index (χ2v) is 7.71. The van der Waals surface area contributed by atoms with E-state index in [1.54, 1.807) is 35.8 Å². The van der Waals surface area contributed by atoms with Gasteiger partial charge in [-0.1, -0.05) is 24.3 Å². The number of benzene rings is 2. The molecule has 2 unspecified atom stereocenters. The molecule has 30 heavy (non-hydrogen) atoms. The molecule has 0 aliphatic rings. The van der Waals surface area contributed by atoms with Crippen molar-refractivity contribution in [1.29, 1.82) is 0 Å². The monoisotopic (exact) mass is 405 g/mol. The number of fused-ring (bicyclic) bond motifs is 2. The second-order valence-electron chi connectivity index (χ2n) is 7.71. The zero-order valence-corrected chi connectivity index (χ0v) is 17.0. The molecule has 0 saturated carbocycles. The maximum absolute atomic E-state index is 13.5. The summed E-state index contributed by atoms with van der Waals surface area (Å²) in [6, 6.07) is 11.8. The van der Waals surface area contributed by atoms with Crippen LogP contribution in [0.1, 0.15) is 43.5 Å². The van der Waals surface area contributed by atoms with Gasteiger partial charge in [0, 0.05) is 28.7 Å². The summed E-state index contributed by atoms with van der Waals surface area (Å²) in [5.74, 6) is -1.06. The number of aromatic nitrogens is 3. The highest BCUT2D eigenvalue weighted by atomic mass is 16.4. The summed E-state index contributed by atoms with van der Waals surface area (Å²) in [5.41, 5.74) is 2.54. The van der Waals surface area contributed by atoms with Crippen molar-refractivity contribution in [3.63, 3.8) is 0 Å². The molecule has 0 fully saturated rings. The summed E-state index contributed by atoms with van der Waals surface area (Å²) in [7, 11) is 0. The zero-order valence-electron chi connectivity index (χ0n) is 17.0.